The average molecular weight is 295 g/mol. The molecular weight excluding hydrogens is 270 g/mol. The van der Waals surface area contributed by atoms with Crippen molar-refractivity contribution in [1.29, 1.82) is 0 Å². The molecule has 3 heterocycles. The Labute approximate surface area is 125 Å². The smallest absolute Gasteiger partial charge is 0.139 e. The third-order valence-electron chi connectivity index (χ3n) is 4.28. The molecule has 0 aromatic carbocycles. The summed E-state index contributed by atoms with van der Waals surface area (Å²) in [6.45, 7) is 3.98. The van der Waals surface area contributed by atoms with Crippen LogP contribution in [0, 0.1) is 0 Å². The third-order valence-corrected chi connectivity index (χ3v) is 5.49. The van der Waals surface area contributed by atoms with Gasteiger partial charge >= 0.3 is 0 Å². The second-order valence-electron chi connectivity index (χ2n) is 5.69. The maximum atomic E-state index is 6.07. The van der Waals surface area contributed by atoms with Gasteiger partial charge < -0.3 is 14.6 Å². The second kappa shape index (κ2) is 6.96. The van der Waals surface area contributed by atoms with Crippen LogP contribution in [0.5, 0.6) is 0 Å². The van der Waals surface area contributed by atoms with E-state index in [1.54, 1.807) is 0 Å². The first kappa shape index (κ1) is 14.4. The molecule has 3 atom stereocenters. The van der Waals surface area contributed by atoms with E-state index in [4.69, 9.17) is 4.74 Å². The SMILES string of the molecule is CCn1ccnc1[C@H]1OCCC[C@@H]1N[C@@H]1CCCSC1. The van der Waals surface area contributed by atoms with Crippen molar-refractivity contribution in [1.82, 2.24) is 14.9 Å². The lowest BCUT2D eigenvalue weighted by Crippen LogP contribution is -2.47. The minimum absolute atomic E-state index is 0.116. The quantitative estimate of drug-likeness (QED) is 0.927. The molecular formula is C15H25N3OS. The minimum Gasteiger partial charge on any atom is -0.369 e. The Hall–Kier alpha value is -0.520. The highest BCUT2D eigenvalue weighted by molar-refractivity contribution is 7.99. The van der Waals surface area contributed by atoms with Crippen LogP contribution in [0.25, 0.3) is 0 Å². The summed E-state index contributed by atoms with van der Waals surface area (Å²) in [4.78, 5) is 4.55. The minimum atomic E-state index is 0.116. The molecule has 1 N–H and O–H groups in total. The molecule has 0 unspecified atom stereocenters. The van der Waals surface area contributed by atoms with Crippen LogP contribution in [0.1, 0.15) is 44.5 Å². The van der Waals surface area contributed by atoms with Gasteiger partial charge in [-0.05, 0) is 38.4 Å². The van der Waals surface area contributed by atoms with Crippen molar-refractivity contribution >= 4 is 11.8 Å². The Morgan fingerprint density at radius 2 is 2.40 bits per heavy atom. The van der Waals surface area contributed by atoms with Gasteiger partial charge in [0.2, 0.25) is 0 Å². The lowest BCUT2D eigenvalue weighted by Gasteiger charge is -2.36. The maximum absolute atomic E-state index is 6.07. The highest BCUT2D eigenvalue weighted by Gasteiger charge is 2.32. The van der Waals surface area contributed by atoms with Gasteiger partial charge in [-0.1, -0.05) is 0 Å². The molecule has 2 aliphatic rings. The van der Waals surface area contributed by atoms with Gasteiger partial charge in [0.1, 0.15) is 11.9 Å². The van der Waals surface area contributed by atoms with Crippen LogP contribution in [-0.2, 0) is 11.3 Å². The van der Waals surface area contributed by atoms with E-state index in [-0.39, 0.29) is 6.10 Å². The van der Waals surface area contributed by atoms with Crippen LogP contribution in [0.2, 0.25) is 0 Å². The molecule has 5 heteroatoms. The van der Waals surface area contributed by atoms with E-state index in [0.717, 1.165) is 25.4 Å². The molecule has 112 valence electrons. The molecule has 3 rings (SSSR count). The van der Waals surface area contributed by atoms with Gasteiger partial charge in [-0.3, -0.25) is 0 Å². The number of rotatable bonds is 4. The van der Waals surface area contributed by atoms with Gasteiger partial charge in [-0.15, -0.1) is 0 Å². The number of hydrogen-bond donors (Lipinski definition) is 1. The summed E-state index contributed by atoms with van der Waals surface area (Å²) in [5.41, 5.74) is 0. The largest absolute Gasteiger partial charge is 0.369 e. The van der Waals surface area contributed by atoms with Crippen molar-refractivity contribution in [3.05, 3.63) is 18.2 Å². The van der Waals surface area contributed by atoms with Crippen molar-refractivity contribution in [2.24, 2.45) is 0 Å². The number of aryl methyl sites for hydroxylation is 1. The third kappa shape index (κ3) is 3.21. The van der Waals surface area contributed by atoms with Crippen molar-refractivity contribution in [3.63, 3.8) is 0 Å². The van der Waals surface area contributed by atoms with Crippen LogP contribution < -0.4 is 5.32 Å². The van der Waals surface area contributed by atoms with E-state index < -0.39 is 0 Å². The predicted molar refractivity (Wildman–Crippen MR) is 83.1 cm³/mol. The van der Waals surface area contributed by atoms with E-state index in [0.29, 0.717) is 12.1 Å². The molecule has 0 spiro atoms. The van der Waals surface area contributed by atoms with Crippen LogP contribution in [0.3, 0.4) is 0 Å². The molecule has 0 amide bonds. The predicted octanol–water partition coefficient (Wildman–Crippen LogP) is 2.61. The number of aromatic nitrogens is 2. The van der Waals surface area contributed by atoms with E-state index in [1.165, 1.54) is 30.8 Å². The summed E-state index contributed by atoms with van der Waals surface area (Å²) in [5, 5.41) is 3.85. The lowest BCUT2D eigenvalue weighted by molar-refractivity contribution is -0.0204. The first-order valence-electron chi connectivity index (χ1n) is 7.85. The topological polar surface area (TPSA) is 39.1 Å². The molecule has 1 aromatic heterocycles. The normalized spacial score (nSPS) is 31.4. The fourth-order valence-electron chi connectivity index (χ4n) is 3.23. The summed E-state index contributed by atoms with van der Waals surface area (Å²) in [6.07, 6.45) is 9.06. The van der Waals surface area contributed by atoms with Crippen LogP contribution in [-0.4, -0.2) is 39.7 Å². The van der Waals surface area contributed by atoms with Crippen molar-refractivity contribution in [2.45, 2.75) is 57.3 Å². The fraction of sp³-hybridized carbons (Fsp3) is 0.800. The molecule has 0 saturated carbocycles. The van der Waals surface area contributed by atoms with Gasteiger partial charge in [0.15, 0.2) is 0 Å². The monoisotopic (exact) mass is 295 g/mol. The summed E-state index contributed by atoms with van der Waals surface area (Å²) < 4.78 is 8.27. The standard InChI is InChI=1S/C15H25N3OS/c1-2-18-8-7-16-15(18)14-13(6-3-9-19-14)17-12-5-4-10-20-11-12/h7-8,12-14,17H,2-6,9-11H2,1H3/t12-,13+,14+/m1/s1. The Morgan fingerprint density at radius 3 is 3.20 bits per heavy atom. The van der Waals surface area contributed by atoms with Crippen molar-refractivity contribution < 1.29 is 4.74 Å². The van der Waals surface area contributed by atoms with E-state index in [1.807, 2.05) is 6.20 Å². The number of thioether (sulfide) groups is 1. The van der Waals surface area contributed by atoms with E-state index >= 15 is 0 Å². The average Bonchev–Trinajstić information content (AvgIpc) is 2.97. The van der Waals surface area contributed by atoms with Crippen LogP contribution in [0.4, 0.5) is 0 Å². The molecule has 2 saturated heterocycles. The molecule has 4 nitrogen and oxygen atoms in total. The van der Waals surface area contributed by atoms with Gasteiger partial charge in [0, 0.05) is 43.4 Å². The second-order valence-corrected chi connectivity index (χ2v) is 6.84. The number of hydrogen-bond acceptors (Lipinski definition) is 4. The van der Waals surface area contributed by atoms with Gasteiger partial charge in [-0.25, -0.2) is 4.98 Å². The molecule has 2 fully saturated rings. The van der Waals surface area contributed by atoms with Gasteiger partial charge in [0.25, 0.3) is 0 Å². The molecule has 20 heavy (non-hydrogen) atoms. The van der Waals surface area contributed by atoms with Crippen LogP contribution in [0.15, 0.2) is 12.4 Å². The number of ether oxygens (including phenoxy) is 1. The molecule has 2 aliphatic heterocycles. The zero-order valence-electron chi connectivity index (χ0n) is 12.3. The van der Waals surface area contributed by atoms with Gasteiger partial charge in [0.05, 0.1) is 0 Å². The lowest BCUT2D eigenvalue weighted by atomic mass is 9.99. The highest BCUT2D eigenvalue weighted by atomic mass is 32.2. The van der Waals surface area contributed by atoms with E-state index in [2.05, 4.69) is 39.8 Å². The first-order valence-corrected chi connectivity index (χ1v) is 9.00. The molecule has 0 bridgehead atoms. The summed E-state index contributed by atoms with van der Waals surface area (Å²) in [6, 6.07) is 1.06. The summed E-state index contributed by atoms with van der Waals surface area (Å²) in [5.74, 6) is 3.65. The molecule has 0 radical (unpaired) electrons. The maximum Gasteiger partial charge on any atom is 0.139 e. The van der Waals surface area contributed by atoms with Crippen molar-refractivity contribution in [3.8, 4) is 0 Å². The number of imidazole rings is 1. The first-order chi connectivity index (χ1) is 9.88. The number of nitrogens with one attached hydrogen (secondary N) is 1. The van der Waals surface area contributed by atoms with Gasteiger partial charge in [-0.2, -0.15) is 11.8 Å². The Morgan fingerprint density at radius 1 is 1.45 bits per heavy atom. The molecule has 1 aromatic rings. The Kier molecular flexibility index (Phi) is 5.02. The Bertz CT molecular complexity index is 417. The highest BCUT2D eigenvalue weighted by Crippen LogP contribution is 2.29. The fourth-order valence-corrected chi connectivity index (χ4v) is 4.31. The zero-order valence-corrected chi connectivity index (χ0v) is 13.1. The van der Waals surface area contributed by atoms with Crippen molar-refractivity contribution in [2.75, 3.05) is 18.1 Å². The summed E-state index contributed by atoms with van der Waals surface area (Å²) in [7, 11) is 0. The molecule has 0 aliphatic carbocycles. The Balaban J connectivity index is 1.70. The van der Waals surface area contributed by atoms with Crippen LogP contribution >= 0.6 is 11.8 Å². The zero-order chi connectivity index (χ0) is 13.8. The summed E-state index contributed by atoms with van der Waals surface area (Å²) >= 11 is 2.07. The number of nitrogens with zero attached hydrogens (tertiary/aromatic N) is 2. The van der Waals surface area contributed by atoms with E-state index in [9.17, 15) is 0 Å².